The van der Waals surface area contributed by atoms with Crippen LogP contribution in [0.25, 0.3) is 0 Å². The van der Waals surface area contributed by atoms with Crippen molar-refractivity contribution >= 4 is 10.0 Å². The number of nitrogens with zero attached hydrogens (tertiary/aromatic N) is 1. The van der Waals surface area contributed by atoms with E-state index in [2.05, 4.69) is 0 Å². The second-order valence-electron chi connectivity index (χ2n) is 4.91. The van der Waals surface area contributed by atoms with E-state index in [0.29, 0.717) is 25.1 Å². The molecule has 0 bridgehead atoms. The molecule has 1 atom stereocenters. The molecular formula is C14H20FNO3S. The first-order chi connectivity index (χ1) is 9.54. The van der Waals surface area contributed by atoms with Crippen molar-refractivity contribution in [1.29, 1.82) is 0 Å². The summed E-state index contributed by atoms with van der Waals surface area (Å²) in [7, 11) is -3.27. The van der Waals surface area contributed by atoms with Crippen molar-refractivity contribution in [2.45, 2.75) is 25.9 Å². The number of sulfonamides is 1. The average Bonchev–Trinajstić information content (AvgIpc) is 2.46. The van der Waals surface area contributed by atoms with Gasteiger partial charge in [-0.2, -0.15) is 4.31 Å². The van der Waals surface area contributed by atoms with Crippen molar-refractivity contribution in [2.75, 3.05) is 25.4 Å². The maximum Gasteiger partial charge on any atom is 0.214 e. The van der Waals surface area contributed by atoms with Crippen molar-refractivity contribution < 1.29 is 17.5 Å². The minimum Gasteiger partial charge on any atom is -0.371 e. The van der Waals surface area contributed by atoms with Crippen LogP contribution in [-0.4, -0.2) is 38.2 Å². The molecule has 0 saturated carbocycles. The second kappa shape index (κ2) is 6.65. The zero-order chi connectivity index (χ0) is 14.6. The fourth-order valence-corrected chi connectivity index (χ4v) is 3.89. The van der Waals surface area contributed by atoms with E-state index in [-0.39, 0.29) is 18.1 Å². The summed E-state index contributed by atoms with van der Waals surface area (Å²) < 4.78 is 45.1. The molecule has 0 aliphatic carbocycles. The van der Waals surface area contributed by atoms with Crippen LogP contribution in [0.4, 0.5) is 4.39 Å². The third-order valence-corrected chi connectivity index (χ3v) is 5.35. The van der Waals surface area contributed by atoms with Crippen molar-refractivity contribution in [2.24, 2.45) is 0 Å². The van der Waals surface area contributed by atoms with Gasteiger partial charge in [0.05, 0.1) is 18.5 Å². The first-order valence-electron chi connectivity index (χ1n) is 6.88. The van der Waals surface area contributed by atoms with E-state index >= 15 is 0 Å². The molecule has 1 heterocycles. The van der Waals surface area contributed by atoms with E-state index in [1.54, 1.807) is 18.2 Å². The molecule has 20 heavy (non-hydrogen) atoms. The zero-order valence-electron chi connectivity index (χ0n) is 11.6. The summed E-state index contributed by atoms with van der Waals surface area (Å²) in [5, 5.41) is 0. The molecule has 1 fully saturated rings. The normalized spacial score (nSPS) is 21.0. The van der Waals surface area contributed by atoms with Gasteiger partial charge in [0.25, 0.3) is 0 Å². The van der Waals surface area contributed by atoms with Crippen LogP contribution in [0, 0.1) is 5.82 Å². The SMILES string of the molecule is CCCCS(=O)(=O)N1CCOC(c2ccccc2F)C1. The highest BCUT2D eigenvalue weighted by Crippen LogP contribution is 2.26. The summed E-state index contributed by atoms with van der Waals surface area (Å²) in [5.74, 6) is -0.210. The third kappa shape index (κ3) is 3.56. The van der Waals surface area contributed by atoms with Gasteiger partial charge < -0.3 is 4.74 Å². The van der Waals surface area contributed by atoms with E-state index in [4.69, 9.17) is 4.74 Å². The molecule has 2 rings (SSSR count). The van der Waals surface area contributed by atoms with Crippen LogP contribution in [0.15, 0.2) is 24.3 Å². The number of morpholine rings is 1. The highest BCUT2D eigenvalue weighted by atomic mass is 32.2. The summed E-state index contributed by atoms with van der Waals surface area (Å²) in [5.41, 5.74) is 0.419. The lowest BCUT2D eigenvalue weighted by atomic mass is 10.1. The Bertz CT molecular complexity index is 547. The van der Waals surface area contributed by atoms with Gasteiger partial charge in [0.1, 0.15) is 5.82 Å². The monoisotopic (exact) mass is 301 g/mol. The van der Waals surface area contributed by atoms with Crippen molar-refractivity contribution in [1.82, 2.24) is 4.31 Å². The lowest BCUT2D eigenvalue weighted by Gasteiger charge is -2.32. The van der Waals surface area contributed by atoms with Gasteiger partial charge in [0.15, 0.2) is 0 Å². The van der Waals surface area contributed by atoms with Crippen LogP contribution >= 0.6 is 0 Å². The van der Waals surface area contributed by atoms with Gasteiger partial charge in [-0.05, 0) is 12.5 Å². The van der Waals surface area contributed by atoms with E-state index in [1.807, 2.05) is 6.92 Å². The Hall–Kier alpha value is -0.980. The molecule has 1 aromatic carbocycles. The maximum atomic E-state index is 13.8. The molecule has 0 amide bonds. The fourth-order valence-electron chi connectivity index (χ4n) is 2.26. The Kier molecular flexibility index (Phi) is 5.12. The quantitative estimate of drug-likeness (QED) is 0.838. The molecule has 0 aromatic heterocycles. The molecule has 0 N–H and O–H groups in total. The fraction of sp³-hybridized carbons (Fsp3) is 0.571. The highest BCUT2D eigenvalue weighted by molar-refractivity contribution is 7.89. The first kappa shape index (κ1) is 15.4. The zero-order valence-corrected chi connectivity index (χ0v) is 12.4. The number of benzene rings is 1. The number of rotatable bonds is 5. The van der Waals surface area contributed by atoms with Gasteiger partial charge in [-0.3, -0.25) is 0 Å². The number of hydrogen-bond donors (Lipinski definition) is 0. The van der Waals surface area contributed by atoms with E-state index in [0.717, 1.165) is 6.42 Å². The van der Waals surface area contributed by atoms with Crippen LogP contribution in [0.3, 0.4) is 0 Å². The maximum absolute atomic E-state index is 13.8. The Labute approximate surface area is 119 Å². The standard InChI is InChI=1S/C14H20FNO3S/c1-2-3-10-20(17,18)16-8-9-19-14(11-16)12-6-4-5-7-13(12)15/h4-7,14H,2-3,8-11H2,1H3. The summed E-state index contributed by atoms with van der Waals surface area (Å²) >= 11 is 0. The van der Waals surface area contributed by atoms with Crippen molar-refractivity contribution in [3.63, 3.8) is 0 Å². The number of halogens is 1. The third-order valence-electron chi connectivity index (χ3n) is 3.43. The van der Waals surface area contributed by atoms with Crippen LogP contribution in [0.1, 0.15) is 31.4 Å². The van der Waals surface area contributed by atoms with Crippen LogP contribution < -0.4 is 0 Å². The Morgan fingerprint density at radius 2 is 2.15 bits per heavy atom. The smallest absolute Gasteiger partial charge is 0.214 e. The van der Waals surface area contributed by atoms with Crippen LogP contribution in [-0.2, 0) is 14.8 Å². The molecule has 1 aromatic rings. The molecular weight excluding hydrogens is 281 g/mol. The van der Waals surface area contributed by atoms with Gasteiger partial charge in [0.2, 0.25) is 10.0 Å². The van der Waals surface area contributed by atoms with E-state index < -0.39 is 16.1 Å². The molecule has 1 aliphatic heterocycles. The summed E-state index contributed by atoms with van der Waals surface area (Å²) in [6.45, 7) is 2.78. The molecule has 0 radical (unpaired) electrons. The molecule has 4 nitrogen and oxygen atoms in total. The lowest BCUT2D eigenvalue weighted by molar-refractivity contribution is -0.00442. The molecule has 1 unspecified atom stereocenters. The molecule has 0 spiro atoms. The average molecular weight is 301 g/mol. The van der Waals surface area contributed by atoms with Gasteiger partial charge in [0, 0.05) is 18.7 Å². The predicted molar refractivity (Wildman–Crippen MR) is 75.4 cm³/mol. The van der Waals surface area contributed by atoms with E-state index in [9.17, 15) is 12.8 Å². The van der Waals surface area contributed by atoms with Crippen LogP contribution in [0.5, 0.6) is 0 Å². The largest absolute Gasteiger partial charge is 0.371 e. The summed E-state index contributed by atoms with van der Waals surface area (Å²) in [6.07, 6.45) is 0.950. The Morgan fingerprint density at radius 1 is 1.40 bits per heavy atom. The van der Waals surface area contributed by atoms with E-state index in [1.165, 1.54) is 10.4 Å². The number of hydrogen-bond acceptors (Lipinski definition) is 3. The van der Waals surface area contributed by atoms with Gasteiger partial charge in [-0.25, -0.2) is 12.8 Å². The minimum absolute atomic E-state index is 0.146. The molecule has 1 aliphatic rings. The second-order valence-corrected chi connectivity index (χ2v) is 7.00. The predicted octanol–water partition coefficient (Wildman–Crippen LogP) is 2.33. The van der Waals surface area contributed by atoms with Crippen LogP contribution in [0.2, 0.25) is 0 Å². The molecule has 112 valence electrons. The van der Waals surface area contributed by atoms with Gasteiger partial charge >= 0.3 is 0 Å². The number of ether oxygens (including phenoxy) is 1. The Balaban J connectivity index is 2.11. The topological polar surface area (TPSA) is 46.6 Å². The summed E-state index contributed by atoms with van der Waals surface area (Å²) in [4.78, 5) is 0. The van der Waals surface area contributed by atoms with Crippen molar-refractivity contribution in [3.8, 4) is 0 Å². The lowest BCUT2D eigenvalue weighted by Crippen LogP contribution is -2.43. The summed E-state index contributed by atoms with van der Waals surface area (Å²) in [6, 6.07) is 6.34. The number of unbranched alkanes of at least 4 members (excludes halogenated alkanes) is 1. The highest BCUT2D eigenvalue weighted by Gasteiger charge is 2.30. The minimum atomic E-state index is -3.27. The molecule has 1 saturated heterocycles. The Morgan fingerprint density at radius 3 is 2.85 bits per heavy atom. The first-order valence-corrected chi connectivity index (χ1v) is 8.49. The molecule has 6 heteroatoms. The van der Waals surface area contributed by atoms with Gasteiger partial charge in [-0.15, -0.1) is 0 Å². The van der Waals surface area contributed by atoms with Crippen molar-refractivity contribution in [3.05, 3.63) is 35.6 Å². The van der Waals surface area contributed by atoms with Gasteiger partial charge in [-0.1, -0.05) is 31.5 Å².